The topological polar surface area (TPSA) is 67.9 Å². The van der Waals surface area contributed by atoms with E-state index in [0.717, 1.165) is 5.56 Å². The summed E-state index contributed by atoms with van der Waals surface area (Å²) < 4.78 is 10.5. The van der Waals surface area contributed by atoms with Crippen LogP contribution in [0.5, 0.6) is 0 Å². The van der Waals surface area contributed by atoms with Gasteiger partial charge in [-0.05, 0) is 12.5 Å². The van der Waals surface area contributed by atoms with E-state index in [-0.39, 0.29) is 12.6 Å². The molecule has 1 aromatic carbocycles. The molecule has 1 saturated heterocycles. The maximum Gasteiger partial charge on any atom is 0.329 e. The van der Waals surface area contributed by atoms with Crippen LogP contribution in [0.25, 0.3) is 0 Å². The molecule has 1 N–H and O–H groups in total. The number of urea groups is 1. The van der Waals surface area contributed by atoms with E-state index in [1.807, 2.05) is 44.2 Å². The highest BCUT2D eigenvalue weighted by Crippen LogP contribution is 2.28. The molecule has 24 heavy (non-hydrogen) atoms. The first-order chi connectivity index (χ1) is 11.5. The van der Waals surface area contributed by atoms with Crippen molar-refractivity contribution in [2.45, 2.75) is 32.2 Å². The first-order valence-electron chi connectivity index (χ1n) is 8.32. The monoisotopic (exact) mass is 334 g/mol. The molecule has 0 saturated carbocycles. The summed E-state index contributed by atoms with van der Waals surface area (Å²) in [4.78, 5) is 26.7. The van der Waals surface area contributed by atoms with Crippen LogP contribution in [-0.2, 0) is 19.7 Å². The van der Waals surface area contributed by atoms with Crippen LogP contribution in [0, 0.1) is 0 Å². The third-order valence-electron chi connectivity index (χ3n) is 4.33. The predicted molar refractivity (Wildman–Crippen MR) is 90.8 cm³/mol. The molecule has 1 fully saturated rings. The highest BCUT2D eigenvalue weighted by molar-refractivity contribution is 5.85. The van der Waals surface area contributed by atoms with Crippen LogP contribution in [0.15, 0.2) is 30.3 Å². The van der Waals surface area contributed by atoms with Gasteiger partial charge in [0.25, 0.3) is 0 Å². The SMILES string of the molecule is CCOC(=O)[C@H](NC(=O)N1CCOCC1)C(C)(C)c1ccccc1. The number of rotatable bonds is 5. The first-order valence-corrected chi connectivity index (χ1v) is 8.32. The molecule has 2 amide bonds. The zero-order chi connectivity index (χ0) is 17.6. The maximum absolute atomic E-state index is 12.5. The lowest BCUT2D eigenvalue weighted by molar-refractivity contribution is -0.147. The van der Waals surface area contributed by atoms with Crippen molar-refractivity contribution in [2.75, 3.05) is 32.9 Å². The first kappa shape index (κ1) is 18.3. The maximum atomic E-state index is 12.5. The summed E-state index contributed by atoms with van der Waals surface area (Å²) in [5.41, 5.74) is 0.362. The largest absolute Gasteiger partial charge is 0.464 e. The minimum atomic E-state index is -0.768. The lowest BCUT2D eigenvalue weighted by Gasteiger charge is -2.36. The molecule has 1 atom stereocenters. The lowest BCUT2D eigenvalue weighted by Crippen LogP contribution is -2.57. The predicted octanol–water partition coefficient (Wildman–Crippen LogP) is 1.94. The Labute approximate surface area is 143 Å². The molecule has 0 spiro atoms. The third-order valence-corrected chi connectivity index (χ3v) is 4.33. The molecule has 6 heteroatoms. The number of hydrogen-bond donors (Lipinski definition) is 1. The third kappa shape index (κ3) is 4.26. The normalized spacial score (nSPS) is 16.4. The van der Waals surface area contributed by atoms with Crippen LogP contribution in [-0.4, -0.2) is 55.9 Å². The highest BCUT2D eigenvalue weighted by Gasteiger charge is 2.39. The van der Waals surface area contributed by atoms with Gasteiger partial charge in [-0.3, -0.25) is 0 Å². The van der Waals surface area contributed by atoms with E-state index < -0.39 is 17.4 Å². The molecular formula is C18H26N2O4. The highest BCUT2D eigenvalue weighted by atomic mass is 16.5. The van der Waals surface area contributed by atoms with E-state index in [1.54, 1.807) is 11.8 Å². The Morgan fingerprint density at radius 2 is 1.88 bits per heavy atom. The van der Waals surface area contributed by atoms with Crippen molar-refractivity contribution in [3.05, 3.63) is 35.9 Å². The van der Waals surface area contributed by atoms with Gasteiger partial charge in [-0.15, -0.1) is 0 Å². The molecule has 0 unspecified atom stereocenters. The zero-order valence-electron chi connectivity index (χ0n) is 14.6. The molecule has 1 aliphatic rings. The summed E-state index contributed by atoms with van der Waals surface area (Å²) in [5, 5.41) is 2.87. The number of hydrogen-bond acceptors (Lipinski definition) is 4. The van der Waals surface area contributed by atoms with E-state index in [4.69, 9.17) is 9.47 Å². The summed E-state index contributed by atoms with van der Waals surface area (Å²) in [6.45, 7) is 7.97. The Morgan fingerprint density at radius 1 is 1.25 bits per heavy atom. The molecule has 2 rings (SSSR count). The van der Waals surface area contributed by atoms with Gasteiger partial charge >= 0.3 is 12.0 Å². The summed E-state index contributed by atoms with van der Waals surface area (Å²) in [5.74, 6) is -0.423. The fraction of sp³-hybridized carbons (Fsp3) is 0.556. The quantitative estimate of drug-likeness (QED) is 0.836. The summed E-state index contributed by atoms with van der Waals surface area (Å²) in [6, 6.07) is 8.63. The second-order valence-corrected chi connectivity index (χ2v) is 6.32. The van der Waals surface area contributed by atoms with Gasteiger partial charge in [-0.25, -0.2) is 9.59 Å². The van der Waals surface area contributed by atoms with Crippen LogP contribution in [0.3, 0.4) is 0 Å². The van der Waals surface area contributed by atoms with Crippen molar-refractivity contribution in [3.63, 3.8) is 0 Å². The van der Waals surface area contributed by atoms with Crippen LogP contribution < -0.4 is 5.32 Å². The second-order valence-electron chi connectivity index (χ2n) is 6.32. The van der Waals surface area contributed by atoms with Crippen molar-refractivity contribution in [3.8, 4) is 0 Å². The van der Waals surface area contributed by atoms with Crippen molar-refractivity contribution >= 4 is 12.0 Å². The van der Waals surface area contributed by atoms with Crippen molar-refractivity contribution in [1.82, 2.24) is 10.2 Å². The fourth-order valence-corrected chi connectivity index (χ4v) is 2.78. The van der Waals surface area contributed by atoms with E-state index in [9.17, 15) is 9.59 Å². The van der Waals surface area contributed by atoms with Gasteiger partial charge in [-0.1, -0.05) is 44.2 Å². The molecule has 1 aromatic rings. The Morgan fingerprint density at radius 3 is 2.46 bits per heavy atom. The Kier molecular flexibility index (Phi) is 6.20. The number of carbonyl (C=O) groups is 2. The van der Waals surface area contributed by atoms with Crippen LogP contribution >= 0.6 is 0 Å². The smallest absolute Gasteiger partial charge is 0.329 e. The van der Waals surface area contributed by atoms with Gasteiger partial charge in [0.2, 0.25) is 0 Å². The molecule has 1 heterocycles. The minimum absolute atomic E-state index is 0.264. The number of nitrogens with zero attached hydrogens (tertiary/aromatic N) is 1. The van der Waals surface area contributed by atoms with Crippen LogP contribution in [0.1, 0.15) is 26.3 Å². The van der Waals surface area contributed by atoms with Crippen molar-refractivity contribution < 1.29 is 19.1 Å². The average molecular weight is 334 g/mol. The van der Waals surface area contributed by atoms with Gasteiger partial charge in [-0.2, -0.15) is 0 Å². The minimum Gasteiger partial charge on any atom is -0.464 e. The van der Waals surface area contributed by atoms with Gasteiger partial charge < -0.3 is 19.7 Å². The number of amides is 2. The molecule has 1 aliphatic heterocycles. The van der Waals surface area contributed by atoms with E-state index in [0.29, 0.717) is 26.3 Å². The number of carbonyl (C=O) groups excluding carboxylic acids is 2. The van der Waals surface area contributed by atoms with E-state index in [1.165, 1.54) is 0 Å². The van der Waals surface area contributed by atoms with Crippen molar-refractivity contribution in [1.29, 1.82) is 0 Å². The Bertz CT molecular complexity index is 553. The number of morpholine rings is 1. The zero-order valence-corrected chi connectivity index (χ0v) is 14.6. The number of nitrogens with one attached hydrogen (secondary N) is 1. The lowest BCUT2D eigenvalue weighted by atomic mass is 9.77. The van der Waals surface area contributed by atoms with E-state index in [2.05, 4.69) is 5.32 Å². The Balaban J connectivity index is 2.20. The van der Waals surface area contributed by atoms with Gasteiger partial charge in [0.05, 0.1) is 19.8 Å². The Hall–Kier alpha value is -2.08. The molecule has 0 aromatic heterocycles. The molecular weight excluding hydrogens is 308 g/mol. The van der Waals surface area contributed by atoms with E-state index >= 15 is 0 Å². The molecule has 0 radical (unpaired) electrons. The number of esters is 1. The number of benzene rings is 1. The van der Waals surface area contributed by atoms with Gasteiger partial charge in [0.1, 0.15) is 6.04 Å². The molecule has 0 aliphatic carbocycles. The molecule has 132 valence electrons. The number of ether oxygens (including phenoxy) is 2. The molecule has 0 bridgehead atoms. The van der Waals surface area contributed by atoms with Gasteiger partial charge in [0.15, 0.2) is 0 Å². The molecule has 6 nitrogen and oxygen atoms in total. The van der Waals surface area contributed by atoms with Crippen molar-refractivity contribution in [2.24, 2.45) is 0 Å². The van der Waals surface area contributed by atoms with Crippen LogP contribution in [0.4, 0.5) is 4.79 Å². The summed E-state index contributed by atoms with van der Waals surface area (Å²) >= 11 is 0. The summed E-state index contributed by atoms with van der Waals surface area (Å²) in [6.07, 6.45) is 0. The van der Waals surface area contributed by atoms with Crippen LogP contribution in [0.2, 0.25) is 0 Å². The fourth-order valence-electron chi connectivity index (χ4n) is 2.78. The average Bonchev–Trinajstić information content (AvgIpc) is 2.61. The summed E-state index contributed by atoms with van der Waals surface area (Å²) in [7, 11) is 0. The van der Waals surface area contributed by atoms with Gasteiger partial charge in [0, 0.05) is 18.5 Å². The second kappa shape index (κ2) is 8.15. The standard InChI is InChI=1S/C18H26N2O4/c1-4-24-16(21)15(18(2,3)14-8-6-5-7-9-14)19-17(22)20-10-12-23-13-11-20/h5-9,15H,4,10-13H2,1-3H3,(H,19,22)/t15-/m0/s1.